The van der Waals surface area contributed by atoms with E-state index in [-0.39, 0.29) is 24.1 Å². The molecule has 0 aliphatic carbocycles. The van der Waals surface area contributed by atoms with Crippen molar-refractivity contribution in [3.05, 3.63) is 46.9 Å². The van der Waals surface area contributed by atoms with E-state index in [1.54, 1.807) is 30.0 Å². The summed E-state index contributed by atoms with van der Waals surface area (Å²) in [6, 6.07) is 3.58. The fourth-order valence-corrected chi connectivity index (χ4v) is 7.80. The first kappa shape index (κ1) is 30.7. The Kier molecular flexibility index (Phi) is 7.77. The fraction of sp³-hybridized carbons (Fsp3) is 0.500. The summed E-state index contributed by atoms with van der Waals surface area (Å²) in [6.07, 6.45) is 5.30. The second-order valence-corrected chi connectivity index (χ2v) is 13.2. The van der Waals surface area contributed by atoms with Gasteiger partial charge in [-0.25, -0.2) is 8.78 Å². The van der Waals surface area contributed by atoms with Gasteiger partial charge in [-0.15, -0.1) is 5.10 Å². The molecule has 4 aliphatic rings. The largest absolute Gasteiger partial charge is 0.480 e. The van der Waals surface area contributed by atoms with Crippen LogP contribution in [-0.4, -0.2) is 85.8 Å². The number of rotatable bonds is 7. The second kappa shape index (κ2) is 12.1. The Morgan fingerprint density at radius 1 is 1.04 bits per heavy atom. The number of carboxylic acid groups (broad SMARTS) is 1. The van der Waals surface area contributed by atoms with E-state index in [1.807, 2.05) is 11.0 Å². The van der Waals surface area contributed by atoms with Crippen LogP contribution in [0.5, 0.6) is 0 Å². The molecule has 3 aromatic heterocycles. The number of anilines is 3. The van der Waals surface area contributed by atoms with Gasteiger partial charge in [-0.2, -0.15) is 10.2 Å². The number of hydrogen-bond donors (Lipinski definition) is 1. The minimum Gasteiger partial charge on any atom is -0.480 e. The predicted octanol–water partition coefficient (Wildman–Crippen LogP) is 4.87. The molecular formula is C34H38F2N8O4. The molecule has 14 heteroatoms. The van der Waals surface area contributed by atoms with Gasteiger partial charge in [0.1, 0.15) is 12.1 Å². The Balaban J connectivity index is 1.26. The molecule has 48 heavy (non-hydrogen) atoms. The number of carboxylic acids is 1. The molecule has 1 aromatic carbocycles. The first-order chi connectivity index (χ1) is 23.3. The number of amides is 1. The Bertz CT molecular complexity index is 1910. The van der Waals surface area contributed by atoms with Crippen molar-refractivity contribution in [3.8, 4) is 11.1 Å². The van der Waals surface area contributed by atoms with Crippen LogP contribution in [0.3, 0.4) is 0 Å². The van der Waals surface area contributed by atoms with Crippen molar-refractivity contribution < 1.29 is 28.2 Å². The number of halogens is 2. The lowest BCUT2D eigenvalue weighted by Crippen LogP contribution is -2.37. The van der Waals surface area contributed by atoms with Crippen LogP contribution in [-0.2, 0) is 40.3 Å². The number of aliphatic carboxylic acids is 1. The first-order valence-corrected chi connectivity index (χ1v) is 16.8. The van der Waals surface area contributed by atoms with Gasteiger partial charge in [-0.1, -0.05) is 0 Å². The third kappa shape index (κ3) is 5.17. The average molecular weight is 661 g/mol. The van der Waals surface area contributed by atoms with E-state index in [0.717, 1.165) is 67.1 Å². The Morgan fingerprint density at radius 3 is 2.56 bits per heavy atom. The quantitative estimate of drug-likeness (QED) is 0.296. The number of benzene rings is 1. The average Bonchev–Trinajstić information content (AvgIpc) is 3.62. The summed E-state index contributed by atoms with van der Waals surface area (Å²) in [5, 5.41) is 23.5. The second-order valence-electron chi connectivity index (χ2n) is 13.2. The highest BCUT2D eigenvalue weighted by molar-refractivity contribution is 6.01. The van der Waals surface area contributed by atoms with E-state index < -0.39 is 12.4 Å². The zero-order valence-electron chi connectivity index (χ0n) is 26.9. The summed E-state index contributed by atoms with van der Waals surface area (Å²) in [5.74, 6) is -0.317. The lowest BCUT2D eigenvalue weighted by molar-refractivity contribution is -0.137. The molecule has 0 unspecified atom stereocenters. The number of carbonyl (C=O) groups is 2. The van der Waals surface area contributed by atoms with E-state index in [9.17, 15) is 14.7 Å². The molecule has 8 rings (SSSR count). The van der Waals surface area contributed by atoms with E-state index >= 15 is 8.78 Å². The number of fused-ring (bicyclic) bond motifs is 3. The highest BCUT2D eigenvalue weighted by Gasteiger charge is 2.35. The molecule has 0 saturated carbocycles. The van der Waals surface area contributed by atoms with Gasteiger partial charge in [-0.05, 0) is 55.4 Å². The number of ether oxygens (including phenoxy) is 1. The first-order valence-electron chi connectivity index (χ1n) is 16.8. The van der Waals surface area contributed by atoms with Crippen LogP contribution in [0.1, 0.15) is 67.5 Å². The lowest BCUT2D eigenvalue weighted by Gasteiger charge is -2.33. The summed E-state index contributed by atoms with van der Waals surface area (Å²) >= 11 is 0. The van der Waals surface area contributed by atoms with Crippen molar-refractivity contribution in [2.45, 2.75) is 71.0 Å². The van der Waals surface area contributed by atoms with E-state index in [0.29, 0.717) is 73.5 Å². The SMILES string of the molecule is CC(=O)N1CCc2c(c(N3CCCc4cc(-c5cn(CC(=O)O)c6c(N7CCC7)cnnc56)c(C(F)F)cc43)nn2C2CCOCC2)C1. The zero-order chi connectivity index (χ0) is 33.1. The number of aryl methyl sites for hydroxylation is 1. The molecule has 252 valence electrons. The van der Waals surface area contributed by atoms with Crippen molar-refractivity contribution in [2.24, 2.45) is 0 Å². The molecular weight excluding hydrogens is 622 g/mol. The number of nitrogens with zero attached hydrogens (tertiary/aromatic N) is 8. The molecule has 4 aromatic rings. The summed E-state index contributed by atoms with van der Waals surface area (Å²) in [5.41, 5.74) is 6.02. The van der Waals surface area contributed by atoms with Crippen molar-refractivity contribution in [1.82, 2.24) is 29.4 Å². The minimum absolute atomic E-state index is 0.00323. The molecule has 1 amide bonds. The number of carbonyl (C=O) groups excluding carboxylic acids is 1. The van der Waals surface area contributed by atoms with Crippen LogP contribution in [0.25, 0.3) is 22.2 Å². The fourth-order valence-electron chi connectivity index (χ4n) is 7.80. The number of hydrogen-bond acceptors (Lipinski definition) is 8. The van der Waals surface area contributed by atoms with Crippen LogP contribution >= 0.6 is 0 Å². The van der Waals surface area contributed by atoms with Crippen molar-refractivity contribution in [3.63, 3.8) is 0 Å². The zero-order valence-corrected chi connectivity index (χ0v) is 26.9. The molecule has 0 bridgehead atoms. The Hall–Kier alpha value is -4.59. The van der Waals surface area contributed by atoms with Crippen molar-refractivity contribution in [1.29, 1.82) is 0 Å². The van der Waals surface area contributed by atoms with Crippen LogP contribution in [0, 0.1) is 0 Å². The topological polar surface area (TPSA) is 122 Å². The van der Waals surface area contributed by atoms with Gasteiger partial charge >= 0.3 is 5.97 Å². The molecule has 2 saturated heterocycles. The highest BCUT2D eigenvalue weighted by atomic mass is 19.3. The molecule has 0 radical (unpaired) electrons. The van der Waals surface area contributed by atoms with Gasteiger partial charge in [0.2, 0.25) is 5.91 Å². The predicted molar refractivity (Wildman–Crippen MR) is 174 cm³/mol. The molecule has 1 N–H and O–H groups in total. The van der Waals surface area contributed by atoms with E-state index in [2.05, 4.69) is 24.7 Å². The maximum Gasteiger partial charge on any atom is 0.323 e. The molecule has 4 aliphatic heterocycles. The maximum atomic E-state index is 15.1. The van der Waals surface area contributed by atoms with Crippen molar-refractivity contribution in [2.75, 3.05) is 49.2 Å². The summed E-state index contributed by atoms with van der Waals surface area (Å²) in [4.78, 5) is 30.3. The normalized spacial score (nSPS) is 18.3. The molecule has 0 spiro atoms. The lowest BCUT2D eigenvalue weighted by atomic mass is 9.92. The van der Waals surface area contributed by atoms with Crippen LogP contribution in [0.15, 0.2) is 24.5 Å². The Labute approximate surface area is 275 Å². The van der Waals surface area contributed by atoms with Crippen LogP contribution in [0.4, 0.5) is 26.0 Å². The van der Waals surface area contributed by atoms with E-state index in [4.69, 9.17) is 9.84 Å². The third-order valence-corrected chi connectivity index (χ3v) is 10.3. The van der Waals surface area contributed by atoms with Gasteiger partial charge in [-0.3, -0.25) is 14.3 Å². The molecule has 2 fully saturated rings. The molecule has 7 heterocycles. The molecule has 0 atom stereocenters. The minimum atomic E-state index is -2.81. The van der Waals surface area contributed by atoms with Crippen molar-refractivity contribution >= 4 is 40.1 Å². The maximum absolute atomic E-state index is 15.1. The monoisotopic (exact) mass is 660 g/mol. The highest BCUT2D eigenvalue weighted by Crippen LogP contribution is 2.45. The molecule has 12 nitrogen and oxygen atoms in total. The number of alkyl halides is 2. The Morgan fingerprint density at radius 2 is 1.85 bits per heavy atom. The van der Waals surface area contributed by atoms with Gasteiger partial charge in [0.25, 0.3) is 6.43 Å². The summed E-state index contributed by atoms with van der Waals surface area (Å²) in [6.45, 7) is 5.83. The van der Waals surface area contributed by atoms with Gasteiger partial charge in [0, 0.05) is 87.0 Å². The number of aromatic nitrogens is 5. The third-order valence-electron chi connectivity index (χ3n) is 10.3. The van der Waals surface area contributed by atoms with Gasteiger partial charge < -0.3 is 29.1 Å². The summed E-state index contributed by atoms with van der Waals surface area (Å²) in [7, 11) is 0. The van der Waals surface area contributed by atoms with Gasteiger partial charge in [0.05, 0.1) is 30.0 Å². The van der Waals surface area contributed by atoms with Gasteiger partial charge in [0.15, 0.2) is 5.82 Å². The van der Waals surface area contributed by atoms with Crippen LogP contribution in [0.2, 0.25) is 0 Å². The standard InChI is InChI=1S/C34H38F2N8O4/c1-20(45)41-11-5-27-26(18-41)34(39-44(27)22-6-12-48-13-7-22)43-10-2-4-21-14-23(24(33(35)36)15-28(21)43)25-17-42(19-30(46)47)32-29(40-8-3-9-40)16-37-38-31(25)32/h14-17,22,33H,2-13,18-19H2,1H3,(H,46,47). The smallest absolute Gasteiger partial charge is 0.323 e. The van der Waals surface area contributed by atoms with Crippen LogP contribution < -0.4 is 9.80 Å². The summed E-state index contributed by atoms with van der Waals surface area (Å²) < 4.78 is 39.6. The van der Waals surface area contributed by atoms with E-state index in [1.165, 1.54) is 0 Å².